The molecular formula is C21H23NO5. The summed E-state index contributed by atoms with van der Waals surface area (Å²) in [5.74, 6) is 1.86. The fourth-order valence-corrected chi connectivity index (χ4v) is 2.98. The van der Waals surface area contributed by atoms with E-state index in [1.54, 1.807) is 24.1 Å². The van der Waals surface area contributed by atoms with E-state index in [1.165, 1.54) is 21.3 Å². The van der Waals surface area contributed by atoms with Gasteiger partial charge >= 0.3 is 0 Å². The highest BCUT2D eigenvalue weighted by molar-refractivity contribution is 5.95. The first-order chi connectivity index (χ1) is 13.0. The highest BCUT2D eigenvalue weighted by atomic mass is 16.5. The molecule has 0 aliphatic heterocycles. The predicted molar refractivity (Wildman–Crippen MR) is 103 cm³/mol. The Morgan fingerprint density at radius 3 is 2.19 bits per heavy atom. The van der Waals surface area contributed by atoms with Gasteiger partial charge in [0, 0.05) is 18.0 Å². The number of ether oxygens (including phenoxy) is 3. The van der Waals surface area contributed by atoms with Crippen LogP contribution < -0.4 is 14.2 Å². The minimum absolute atomic E-state index is 0.179. The quantitative estimate of drug-likeness (QED) is 0.649. The topological polar surface area (TPSA) is 61.1 Å². The van der Waals surface area contributed by atoms with Crippen molar-refractivity contribution >= 4 is 16.9 Å². The largest absolute Gasteiger partial charge is 0.493 e. The van der Waals surface area contributed by atoms with Crippen LogP contribution >= 0.6 is 0 Å². The number of hydrogen-bond acceptors (Lipinski definition) is 5. The van der Waals surface area contributed by atoms with E-state index in [2.05, 4.69) is 0 Å². The molecule has 3 rings (SSSR count). The molecule has 27 heavy (non-hydrogen) atoms. The lowest BCUT2D eigenvalue weighted by atomic mass is 10.1. The molecule has 0 aliphatic rings. The molecule has 1 heterocycles. The second-order valence-corrected chi connectivity index (χ2v) is 6.19. The normalized spacial score (nSPS) is 11.9. The number of rotatable bonds is 6. The Labute approximate surface area is 158 Å². The number of carbonyl (C=O) groups excluding carboxylic acids is 1. The van der Waals surface area contributed by atoms with E-state index in [1.807, 2.05) is 37.3 Å². The molecule has 0 bridgehead atoms. The molecule has 1 unspecified atom stereocenters. The Morgan fingerprint density at radius 2 is 1.63 bits per heavy atom. The van der Waals surface area contributed by atoms with Crippen molar-refractivity contribution in [1.82, 2.24) is 4.90 Å². The number of furan rings is 1. The number of para-hydroxylation sites is 1. The molecule has 3 aromatic rings. The molecule has 0 fully saturated rings. The third kappa shape index (κ3) is 3.43. The Kier molecular flexibility index (Phi) is 5.26. The molecule has 142 valence electrons. The van der Waals surface area contributed by atoms with Crippen LogP contribution in [0.15, 0.2) is 46.9 Å². The van der Waals surface area contributed by atoms with E-state index in [4.69, 9.17) is 18.6 Å². The average Bonchev–Trinajstić information content (AvgIpc) is 3.15. The number of amides is 1. The first-order valence-electron chi connectivity index (χ1n) is 8.55. The third-order valence-electron chi connectivity index (χ3n) is 4.67. The molecule has 0 aliphatic carbocycles. The van der Waals surface area contributed by atoms with Crippen molar-refractivity contribution in [1.29, 1.82) is 0 Å². The molecule has 6 nitrogen and oxygen atoms in total. The lowest BCUT2D eigenvalue weighted by molar-refractivity contribution is 0.0726. The smallest absolute Gasteiger partial charge is 0.254 e. The summed E-state index contributed by atoms with van der Waals surface area (Å²) in [7, 11) is 6.31. The molecule has 6 heteroatoms. The maximum Gasteiger partial charge on any atom is 0.254 e. The number of benzene rings is 2. The SMILES string of the molecule is COc1cc(C(=O)N(C)C(C)c2cc3ccccc3o2)cc(OC)c1OC. The van der Waals surface area contributed by atoms with Crippen molar-refractivity contribution in [3.8, 4) is 17.2 Å². The van der Waals surface area contributed by atoms with E-state index in [-0.39, 0.29) is 11.9 Å². The highest BCUT2D eigenvalue weighted by Crippen LogP contribution is 2.39. The molecule has 0 saturated carbocycles. The molecular weight excluding hydrogens is 346 g/mol. The standard InChI is InChI=1S/C21H23NO5/c1-13(17-10-14-8-6-7-9-16(14)27-17)22(2)21(23)15-11-18(24-3)20(26-5)19(12-15)25-4/h6-13H,1-5H3. The van der Waals surface area contributed by atoms with Crippen LogP contribution in [0.2, 0.25) is 0 Å². The van der Waals surface area contributed by atoms with Crippen molar-refractivity contribution in [2.45, 2.75) is 13.0 Å². The van der Waals surface area contributed by atoms with Crippen molar-refractivity contribution in [2.24, 2.45) is 0 Å². The van der Waals surface area contributed by atoms with Crippen LogP contribution in [0, 0.1) is 0 Å². The summed E-state index contributed by atoms with van der Waals surface area (Å²) in [5.41, 5.74) is 1.24. The summed E-state index contributed by atoms with van der Waals surface area (Å²) in [6.45, 7) is 1.92. The van der Waals surface area contributed by atoms with Crippen LogP contribution in [0.1, 0.15) is 29.1 Å². The zero-order chi connectivity index (χ0) is 19.6. The summed E-state index contributed by atoms with van der Waals surface area (Å²) in [5, 5.41) is 1.01. The Hall–Kier alpha value is -3.15. The van der Waals surface area contributed by atoms with Gasteiger partial charge in [-0.3, -0.25) is 4.79 Å². The van der Waals surface area contributed by atoms with Crippen LogP contribution in [-0.2, 0) is 0 Å². The zero-order valence-corrected chi connectivity index (χ0v) is 16.1. The third-order valence-corrected chi connectivity index (χ3v) is 4.67. The van der Waals surface area contributed by atoms with E-state index < -0.39 is 0 Å². The van der Waals surface area contributed by atoms with Crippen LogP contribution in [-0.4, -0.2) is 39.2 Å². The number of carbonyl (C=O) groups is 1. The first kappa shape index (κ1) is 18.6. The van der Waals surface area contributed by atoms with Crippen molar-refractivity contribution < 1.29 is 23.4 Å². The lowest BCUT2D eigenvalue weighted by Gasteiger charge is -2.24. The maximum atomic E-state index is 13.0. The van der Waals surface area contributed by atoms with Gasteiger partial charge in [-0.2, -0.15) is 0 Å². The van der Waals surface area contributed by atoms with Crippen molar-refractivity contribution in [3.05, 3.63) is 53.8 Å². The van der Waals surface area contributed by atoms with Gasteiger partial charge in [0.1, 0.15) is 11.3 Å². The van der Waals surface area contributed by atoms with Gasteiger partial charge < -0.3 is 23.5 Å². The van der Waals surface area contributed by atoms with Gasteiger partial charge in [0.05, 0.1) is 27.4 Å². The predicted octanol–water partition coefficient (Wildman–Crippen LogP) is 4.29. The van der Waals surface area contributed by atoms with Crippen LogP contribution in [0.25, 0.3) is 11.0 Å². The Balaban J connectivity index is 1.92. The van der Waals surface area contributed by atoms with Gasteiger partial charge in [-0.05, 0) is 31.2 Å². The first-order valence-corrected chi connectivity index (χ1v) is 8.55. The van der Waals surface area contributed by atoms with Crippen LogP contribution in [0.3, 0.4) is 0 Å². The number of nitrogens with zero attached hydrogens (tertiary/aromatic N) is 1. The second kappa shape index (κ2) is 7.61. The summed E-state index contributed by atoms with van der Waals surface area (Å²) in [6, 6.07) is 12.8. The molecule has 0 saturated heterocycles. The highest BCUT2D eigenvalue weighted by Gasteiger charge is 2.24. The summed E-state index contributed by atoms with van der Waals surface area (Å²) >= 11 is 0. The molecule has 1 atom stereocenters. The number of hydrogen-bond donors (Lipinski definition) is 0. The van der Waals surface area contributed by atoms with E-state index in [9.17, 15) is 4.79 Å². The monoisotopic (exact) mass is 369 g/mol. The molecule has 1 aromatic heterocycles. The summed E-state index contributed by atoms with van der Waals surface area (Å²) in [6.07, 6.45) is 0. The van der Waals surface area contributed by atoms with Gasteiger partial charge in [0.2, 0.25) is 5.75 Å². The van der Waals surface area contributed by atoms with E-state index >= 15 is 0 Å². The fraction of sp³-hybridized carbons (Fsp3) is 0.286. The van der Waals surface area contributed by atoms with Gasteiger partial charge in [0.25, 0.3) is 5.91 Å². The van der Waals surface area contributed by atoms with Gasteiger partial charge in [-0.1, -0.05) is 18.2 Å². The summed E-state index contributed by atoms with van der Waals surface area (Å²) < 4.78 is 21.9. The van der Waals surface area contributed by atoms with Gasteiger partial charge in [-0.15, -0.1) is 0 Å². The number of methoxy groups -OCH3 is 3. The molecule has 0 spiro atoms. The average molecular weight is 369 g/mol. The van der Waals surface area contributed by atoms with Crippen LogP contribution in [0.5, 0.6) is 17.2 Å². The van der Waals surface area contributed by atoms with E-state index in [0.717, 1.165) is 16.7 Å². The second-order valence-electron chi connectivity index (χ2n) is 6.19. The summed E-state index contributed by atoms with van der Waals surface area (Å²) in [4.78, 5) is 14.7. The van der Waals surface area contributed by atoms with Gasteiger partial charge in [0.15, 0.2) is 11.5 Å². The van der Waals surface area contributed by atoms with Crippen molar-refractivity contribution in [3.63, 3.8) is 0 Å². The zero-order valence-electron chi connectivity index (χ0n) is 16.1. The lowest BCUT2D eigenvalue weighted by Crippen LogP contribution is -2.29. The molecule has 2 aromatic carbocycles. The van der Waals surface area contributed by atoms with Gasteiger partial charge in [-0.25, -0.2) is 0 Å². The fourth-order valence-electron chi connectivity index (χ4n) is 2.98. The maximum absolute atomic E-state index is 13.0. The molecule has 1 amide bonds. The molecule has 0 N–H and O–H groups in total. The Bertz CT molecular complexity index is 904. The minimum atomic E-state index is -0.246. The van der Waals surface area contributed by atoms with E-state index in [0.29, 0.717) is 22.8 Å². The van der Waals surface area contributed by atoms with Crippen LogP contribution in [0.4, 0.5) is 0 Å². The minimum Gasteiger partial charge on any atom is -0.493 e. The molecule has 0 radical (unpaired) electrons. The number of fused-ring (bicyclic) bond motifs is 1. The Morgan fingerprint density at radius 1 is 1.00 bits per heavy atom. The van der Waals surface area contributed by atoms with Crippen molar-refractivity contribution in [2.75, 3.05) is 28.4 Å².